The van der Waals surface area contributed by atoms with Crippen molar-refractivity contribution in [1.29, 1.82) is 0 Å². The molecule has 6 heteroatoms. The van der Waals surface area contributed by atoms with Crippen molar-refractivity contribution >= 4 is 17.3 Å². The molecule has 1 saturated heterocycles. The van der Waals surface area contributed by atoms with E-state index in [0.29, 0.717) is 18.2 Å². The van der Waals surface area contributed by atoms with Crippen LogP contribution in [0.4, 0.5) is 4.39 Å². The number of ether oxygens (including phenoxy) is 1. The fourth-order valence-electron chi connectivity index (χ4n) is 2.45. The van der Waals surface area contributed by atoms with Crippen LogP contribution in [0, 0.1) is 5.82 Å². The fourth-order valence-corrected chi connectivity index (χ4v) is 2.62. The molecule has 1 fully saturated rings. The molecular weight excluding hydrogens is 301 g/mol. The van der Waals surface area contributed by atoms with Gasteiger partial charge in [0.2, 0.25) is 0 Å². The summed E-state index contributed by atoms with van der Waals surface area (Å²) in [6.07, 6.45) is 1.76. The monoisotopic (exact) mass is 323 g/mol. The van der Waals surface area contributed by atoms with E-state index in [0.717, 1.165) is 31.9 Å². The lowest BCUT2D eigenvalue weighted by atomic mass is 10.0. The Balaban J connectivity index is 2.02. The normalized spacial score (nSPS) is 16.8. The zero-order valence-corrected chi connectivity index (χ0v) is 13.4. The Morgan fingerprint density at radius 3 is 2.64 bits per heavy atom. The third-order valence-electron chi connectivity index (χ3n) is 3.60. The molecule has 0 aromatic heterocycles. The SMILES string of the molecule is C=CCNC(=S)NCC(c1ccc(F)cc1)N1CCOCC1. The molecule has 1 aromatic carbocycles. The maximum Gasteiger partial charge on any atom is 0.166 e. The fraction of sp³-hybridized carbons (Fsp3) is 0.438. The van der Waals surface area contributed by atoms with Gasteiger partial charge in [-0.1, -0.05) is 18.2 Å². The first kappa shape index (κ1) is 16.9. The van der Waals surface area contributed by atoms with Crippen LogP contribution in [0.2, 0.25) is 0 Å². The summed E-state index contributed by atoms with van der Waals surface area (Å²) >= 11 is 5.24. The number of hydrogen-bond donors (Lipinski definition) is 2. The van der Waals surface area contributed by atoms with Crippen molar-refractivity contribution in [2.75, 3.05) is 39.4 Å². The Kier molecular flexibility index (Phi) is 6.76. The second-order valence-electron chi connectivity index (χ2n) is 5.10. The number of nitrogens with one attached hydrogen (secondary N) is 2. The van der Waals surface area contributed by atoms with Gasteiger partial charge < -0.3 is 15.4 Å². The summed E-state index contributed by atoms with van der Waals surface area (Å²) in [5.41, 5.74) is 1.07. The number of hydrogen-bond acceptors (Lipinski definition) is 3. The molecule has 1 heterocycles. The highest BCUT2D eigenvalue weighted by atomic mass is 32.1. The van der Waals surface area contributed by atoms with E-state index in [4.69, 9.17) is 17.0 Å². The van der Waals surface area contributed by atoms with Gasteiger partial charge in [0, 0.05) is 26.2 Å². The zero-order valence-electron chi connectivity index (χ0n) is 12.6. The molecule has 0 spiro atoms. The standard InChI is InChI=1S/C16H22FN3OS/c1-2-7-18-16(22)19-12-15(20-8-10-21-11-9-20)13-3-5-14(17)6-4-13/h2-6,15H,1,7-12H2,(H2,18,19,22). The molecule has 1 aliphatic rings. The van der Waals surface area contributed by atoms with Crippen LogP contribution in [0.1, 0.15) is 11.6 Å². The van der Waals surface area contributed by atoms with Gasteiger partial charge in [0.25, 0.3) is 0 Å². The number of thiocarbonyl (C=S) groups is 1. The second-order valence-corrected chi connectivity index (χ2v) is 5.50. The quantitative estimate of drug-likeness (QED) is 0.617. The smallest absolute Gasteiger partial charge is 0.166 e. The molecule has 1 aromatic rings. The van der Waals surface area contributed by atoms with Crippen LogP contribution in [0.25, 0.3) is 0 Å². The van der Waals surface area contributed by atoms with E-state index in [1.54, 1.807) is 6.08 Å². The molecule has 1 unspecified atom stereocenters. The average Bonchev–Trinajstić information content (AvgIpc) is 2.55. The van der Waals surface area contributed by atoms with E-state index in [9.17, 15) is 4.39 Å². The van der Waals surface area contributed by atoms with Gasteiger partial charge in [0.15, 0.2) is 5.11 Å². The highest BCUT2D eigenvalue weighted by molar-refractivity contribution is 7.80. The predicted molar refractivity (Wildman–Crippen MR) is 90.3 cm³/mol. The summed E-state index contributed by atoms with van der Waals surface area (Å²) in [6, 6.07) is 6.79. The molecule has 1 aliphatic heterocycles. The van der Waals surface area contributed by atoms with Crippen LogP contribution in [-0.4, -0.2) is 49.4 Å². The summed E-state index contributed by atoms with van der Waals surface area (Å²) in [5, 5.41) is 6.87. The van der Waals surface area contributed by atoms with Crippen LogP contribution in [-0.2, 0) is 4.74 Å². The van der Waals surface area contributed by atoms with Gasteiger partial charge in [-0.25, -0.2) is 4.39 Å². The lowest BCUT2D eigenvalue weighted by molar-refractivity contribution is 0.0170. The lowest BCUT2D eigenvalue weighted by Gasteiger charge is -2.35. The third kappa shape index (κ3) is 5.05. The van der Waals surface area contributed by atoms with Crippen LogP contribution >= 0.6 is 12.2 Å². The van der Waals surface area contributed by atoms with Crippen LogP contribution in [0.3, 0.4) is 0 Å². The van der Waals surface area contributed by atoms with Crippen molar-refractivity contribution in [3.8, 4) is 0 Å². The van der Waals surface area contributed by atoms with E-state index in [-0.39, 0.29) is 11.9 Å². The third-order valence-corrected chi connectivity index (χ3v) is 3.89. The molecule has 22 heavy (non-hydrogen) atoms. The van der Waals surface area contributed by atoms with Crippen molar-refractivity contribution in [2.24, 2.45) is 0 Å². The van der Waals surface area contributed by atoms with Gasteiger partial charge in [-0.15, -0.1) is 6.58 Å². The first-order valence-corrected chi connectivity index (χ1v) is 7.81. The average molecular weight is 323 g/mol. The van der Waals surface area contributed by atoms with Gasteiger partial charge >= 0.3 is 0 Å². The first-order valence-electron chi connectivity index (χ1n) is 7.40. The number of rotatable bonds is 6. The molecule has 2 N–H and O–H groups in total. The van der Waals surface area contributed by atoms with Gasteiger partial charge in [0.1, 0.15) is 5.82 Å². The summed E-state index contributed by atoms with van der Waals surface area (Å²) in [7, 11) is 0. The predicted octanol–water partition coefficient (Wildman–Crippen LogP) is 1.85. The molecule has 0 saturated carbocycles. The van der Waals surface area contributed by atoms with Crippen molar-refractivity contribution in [1.82, 2.24) is 15.5 Å². The molecule has 0 aliphatic carbocycles. The van der Waals surface area contributed by atoms with Gasteiger partial charge in [0.05, 0.1) is 19.3 Å². The van der Waals surface area contributed by atoms with E-state index >= 15 is 0 Å². The highest BCUT2D eigenvalue weighted by Gasteiger charge is 2.22. The topological polar surface area (TPSA) is 36.5 Å². The summed E-state index contributed by atoms with van der Waals surface area (Å²) in [5.74, 6) is -0.222. The molecule has 4 nitrogen and oxygen atoms in total. The highest BCUT2D eigenvalue weighted by Crippen LogP contribution is 2.21. The Hall–Kier alpha value is -1.50. The molecular formula is C16H22FN3OS. The maximum atomic E-state index is 13.2. The summed E-state index contributed by atoms with van der Waals surface area (Å²) in [6.45, 7) is 8.09. The van der Waals surface area contributed by atoms with Crippen molar-refractivity contribution in [2.45, 2.75) is 6.04 Å². The molecule has 120 valence electrons. The van der Waals surface area contributed by atoms with Gasteiger partial charge in [-0.05, 0) is 29.9 Å². The van der Waals surface area contributed by atoms with Crippen molar-refractivity contribution in [3.05, 3.63) is 48.3 Å². The molecule has 1 atom stereocenters. The Morgan fingerprint density at radius 2 is 2.00 bits per heavy atom. The molecule has 0 amide bonds. The lowest BCUT2D eigenvalue weighted by Crippen LogP contribution is -2.45. The molecule has 2 rings (SSSR count). The van der Waals surface area contributed by atoms with E-state index < -0.39 is 0 Å². The number of halogens is 1. The number of nitrogens with zero attached hydrogens (tertiary/aromatic N) is 1. The van der Waals surface area contributed by atoms with Gasteiger partial charge in [-0.2, -0.15) is 0 Å². The number of benzene rings is 1. The van der Waals surface area contributed by atoms with E-state index in [2.05, 4.69) is 22.1 Å². The van der Waals surface area contributed by atoms with Crippen LogP contribution in [0.5, 0.6) is 0 Å². The minimum Gasteiger partial charge on any atom is -0.379 e. The summed E-state index contributed by atoms with van der Waals surface area (Å²) < 4.78 is 18.6. The summed E-state index contributed by atoms with van der Waals surface area (Å²) in [4.78, 5) is 2.33. The second kappa shape index (κ2) is 8.82. The van der Waals surface area contributed by atoms with E-state index in [1.165, 1.54) is 12.1 Å². The van der Waals surface area contributed by atoms with Gasteiger partial charge in [-0.3, -0.25) is 4.90 Å². The molecule has 0 radical (unpaired) electrons. The minimum absolute atomic E-state index is 0.132. The zero-order chi connectivity index (χ0) is 15.8. The molecule has 0 bridgehead atoms. The van der Waals surface area contributed by atoms with Crippen molar-refractivity contribution < 1.29 is 9.13 Å². The Bertz CT molecular complexity index is 489. The maximum absolute atomic E-state index is 13.2. The van der Waals surface area contributed by atoms with E-state index in [1.807, 2.05) is 12.1 Å². The van der Waals surface area contributed by atoms with Crippen LogP contribution < -0.4 is 10.6 Å². The minimum atomic E-state index is -0.222. The number of morpholine rings is 1. The Labute approximate surface area is 136 Å². The van der Waals surface area contributed by atoms with Crippen molar-refractivity contribution in [3.63, 3.8) is 0 Å². The Morgan fingerprint density at radius 1 is 1.32 bits per heavy atom. The first-order chi connectivity index (χ1) is 10.7. The largest absolute Gasteiger partial charge is 0.379 e. The van der Waals surface area contributed by atoms with Crippen LogP contribution in [0.15, 0.2) is 36.9 Å².